The van der Waals surface area contributed by atoms with E-state index in [4.69, 9.17) is 0 Å². The molecule has 0 fully saturated rings. The molecule has 126 valence electrons. The monoisotopic (exact) mass is 329 g/mol. The summed E-state index contributed by atoms with van der Waals surface area (Å²) in [5.41, 5.74) is 4.92. The van der Waals surface area contributed by atoms with E-state index in [9.17, 15) is 5.11 Å². The topological polar surface area (TPSA) is 23.5 Å². The fourth-order valence-corrected chi connectivity index (χ4v) is 3.82. The van der Waals surface area contributed by atoms with Crippen LogP contribution in [0.5, 0.6) is 0 Å². The van der Waals surface area contributed by atoms with Gasteiger partial charge in [0, 0.05) is 29.9 Å². The van der Waals surface area contributed by atoms with Crippen molar-refractivity contribution >= 4 is 11.4 Å². The van der Waals surface area contributed by atoms with E-state index in [2.05, 4.69) is 78.6 Å². The zero-order chi connectivity index (χ0) is 17.3. The number of hydrogen-bond donors (Lipinski definition) is 1. The molecular formula is C23H23NO. The highest BCUT2D eigenvalue weighted by Crippen LogP contribution is 2.44. The van der Waals surface area contributed by atoms with Crippen molar-refractivity contribution in [1.29, 1.82) is 0 Å². The number of nitrogens with zero attached hydrogens (tertiary/aromatic N) is 1. The third-order valence-electron chi connectivity index (χ3n) is 5.23. The lowest BCUT2D eigenvalue weighted by atomic mass is 9.85. The lowest BCUT2D eigenvalue weighted by Gasteiger charge is -2.30. The summed E-state index contributed by atoms with van der Waals surface area (Å²) in [7, 11) is 0. The quantitative estimate of drug-likeness (QED) is 0.716. The summed E-state index contributed by atoms with van der Waals surface area (Å²) in [4.78, 5) is 2.34. The third kappa shape index (κ3) is 2.83. The van der Waals surface area contributed by atoms with E-state index in [-0.39, 0.29) is 0 Å². The van der Waals surface area contributed by atoms with Crippen LogP contribution in [-0.2, 0) is 18.6 Å². The van der Waals surface area contributed by atoms with Gasteiger partial charge in [0.25, 0.3) is 0 Å². The highest BCUT2D eigenvalue weighted by molar-refractivity contribution is 5.72. The van der Waals surface area contributed by atoms with Gasteiger partial charge >= 0.3 is 0 Å². The summed E-state index contributed by atoms with van der Waals surface area (Å²) in [6.45, 7) is 2.85. The Morgan fingerprint density at radius 1 is 0.840 bits per heavy atom. The number of para-hydroxylation sites is 2. The third-order valence-corrected chi connectivity index (χ3v) is 5.23. The molecule has 0 spiro atoms. The molecule has 0 saturated carbocycles. The van der Waals surface area contributed by atoms with Crippen molar-refractivity contribution in [1.82, 2.24) is 0 Å². The Bertz CT molecular complexity index is 874. The standard InChI is InChI=1S/C23H23NO/c1-2-23(25)16-19-12-6-8-14-21(19)24(17-18-10-4-3-5-11-18)22-15-9-7-13-20(22)23/h3-15,25H,2,16-17H2,1H3. The van der Waals surface area contributed by atoms with Crippen LogP contribution in [-0.4, -0.2) is 5.11 Å². The van der Waals surface area contributed by atoms with Crippen molar-refractivity contribution in [3.8, 4) is 0 Å². The van der Waals surface area contributed by atoms with Crippen molar-refractivity contribution < 1.29 is 5.11 Å². The number of benzene rings is 3. The van der Waals surface area contributed by atoms with Crippen molar-refractivity contribution in [3.63, 3.8) is 0 Å². The van der Waals surface area contributed by atoms with Gasteiger partial charge in [-0.15, -0.1) is 0 Å². The summed E-state index contributed by atoms with van der Waals surface area (Å²) in [6.07, 6.45) is 1.33. The molecule has 0 aromatic heterocycles. The Kier molecular flexibility index (Phi) is 4.06. The van der Waals surface area contributed by atoms with E-state index < -0.39 is 5.60 Å². The molecule has 1 aliphatic heterocycles. The van der Waals surface area contributed by atoms with E-state index in [0.717, 1.165) is 17.8 Å². The maximum atomic E-state index is 11.4. The summed E-state index contributed by atoms with van der Waals surface area (Å²) < 4.78 is 0. The van der Waals surface area contributed by atoms with E-state index in [1.54, 1.807) is 0 Å². The second kappa shape index (κ2) is 6.38. The smallest absolute Gasteiger partial charge is 0.0954 e. The molecule has 3 aromatic carbocycles. The number of rotatable bonds is 3. The number of anilines is 2. The highest BCUT2D eigenvalue weighted by atomic mass is 16.3. The van der Waals surface area contributed by atoms with Gasteiger partial charge in [0.2, 0.25) is 0 Å². The molecule has 1 aliphatic rings. The Morgan fingerprint density at radius 3 is 2.24 bits per heavy atom. The number of aliphatic hydroxyl groups is 1. The van der Waals surface area contributed by atoms with Crippen LogP contribution in [0.15, 0.2) is 78.9 Å². The van der Waals surface area contributed by atoms with Gasteiger partial charge in [0.15, 0.2) is 0 Å². The molecule has 1 heterocycles. The molecule has 0 bridgehead atoms. The zero-order valence-corrected chi connectivity index (χ0v) is 14.5. The zero-order valence-electron chi connectivity index (χ0n) is 14.5. The van der Waals surface area contributed by atoms with E-state index in [0.29, 0.717) is 12.8 Å². The van der Waals surface area contributed by atoms with Crippen LogP contribution >= 0.6 is 0 Å². The average Bonchev–Trinajstić information content (AvgIpc) is 2.77. The molecule has 1 atom stereocenters. The Morgan fingerprint density at radius 2 is 1.48 bits per heavy atom. The molecule has 4 rings (SSSR count). The molecule has 2 nitrogen and oxygen atoms in total. The van der Waals surface area contributed by atoms with Crippen LogP contribution in [0.3, 0.4) is 0 Å². The van der Waals surface area contributed by atoms with Gasteiger partial charge < -0.3 is 10.0 Å². The second-order valence-electron chi connectivity index (χ2n) is 6.78. The lowest BCUT2D eigenvalue weighted by Crippen LogP contribution is -2.27. The predicted molar refractivity (Wildman–Crippen MR) is 103 cm³/mol. The minimum atomic E-state index is -0.835. The van der Waals surface area contributed by atoms with Crippen molar-refractivity contribution in [2.45, 2.75) is 31.9 Å². The molecule has 1 unspecified atom stereocenters. The fourth-order valence-electron chi connectivity index (χ4n) is 3.82. The van der Waals surface area contributed by atoms with Crippen molar-refractivity contribution in [2.75, 3.05) is 4.90 Å². The van der Waals surface area contributed by atoms with Crippen LogP contribution < -0.4 is 4.90 Å². The summed E-state index contributed by atoms with van der Waals surface area (Å²) in [6, 6.07) is 27.2. The summed E-state index contributed by atoms with van der Waals surface area (Å²) in [5, 5.41) is 11.4. The first kappa shape index (κ1) is 15.9. The molecule has 0 amide bonds. The minimum Gasteiger partial charge on any atom is -0.385 e. The first-order valence-corrected chi connectivity index (χ1v) is 8.92. The summed E-state index contributed by atoms with van der Waals surface area (Å²) in [5.74, 6) is 0. The SMILES string of the molecule is CCC1(O)Cc2ccccc2N(Cc2ccccc2)c2ccccc21. The predicted octanol–water partition coefficient (Wildman–Crippen LogP) is 5.18. The molecule has 25 heavy (non-hydrogen) atoms. The average molecular weight is 329 g/mol. The van der Waals surface area contributed by atoms with Gasteiger partial charge in [0.05, 0.1) is 5.60 Å². The fraction of sp³-hybridized carbons (Fsp3) is 0.217. The maximum absolute atomic E-state index is 11.4. The molecule has 0 saturated heterocycles. The van der Waals surface area contributed by atoms with Crippen LogP contribution in [0, 0.1) is 0 Å². The Balaban J connectivity index is 1.91. The van der Waals surface area contributed by atoms with Crippen molar-refractivity contribution in [2.24, 2.45) is 0 Å². The number of fused-ring (bicyclic) bond motifs is 2. The van der Waals surface area contributed by atoms with Crippen LogP contribution in [0.4, 0.5) is 11.4 Å². The maximum Gasteiger partial charge on any atom is 0.0954 e. The van der Waals surface area contributed by atoms with Gasteiger partial charge in [-0.25, -0.2) is 0 Å². The van der Waals surface area contributed by atoms with Gasteiger partial charge in [-0.2, -0.15) is 0 Å². The summed E-state index contributed by atoms with van der Waals surface area (Å²) >= 11 is 0. The molecule has 0 radical (unpaired) electrons. The van der Waals surface area contributed by atoms with Gasteiger partial charge in [-0.05, 0) is 29.7 Å². The van der Waals surface area contributed by atoms with Crippen LogP contribution in [0.25, 0.3) is 0 Å². The highest BCUT2D eigenvalue weighted by Gasteiger charge is 2.35. The van der Waals surface area contributed by atoms with Gasteiger partial charge in [-0.1, -0.05) is 73.7 Å². The van der Waals surface area contributed by atoms with E-state index in [1.165, 1.54) is 16.8 Å². The number of hydrogen-bond acceptors (Lipinski definition) is 2. The Labute approximate surface area is 149 Å². The van der Waals surface area contributed by atoms with Crippen LogP contribution in [0.2, 0.25) is 0 Å². The van der Waals surface area contributed by atoms with Gasteiger partial charge in [0.1, 0.15) is 0 Å². The Hall–Kier alpha value is -2.58. The van der Waals surface area contributed by atoms with Crippen molar-refractivity contribution in [3.05, 3.63) is 95.6 Å². The van der Waals surface area contributed by atoms with E-state index in [1.807, 2.05) is 12.1 Å². The van der Waals surface area contributed by atoms with E-state index >= 15 is 0 Å². The molecule has 2 heteroatoms. The second-order valence-corrected chi connectivity index (χ2v) is 6.78. The lowest BCUT2D eigenvalue weighted by molar-refractivity contribution is 0.0341. The van der Waals surface area contributed by atoms with Gasteiger partial charge in [-0.3, -0.25) is 0 Å². The minimum absolute atomic E-state index is 0.641. The van der Waals surface area contributed by atoms with Crippen LogP contribution in [0.1, 0.15) is 30.0 Å². The molecular weight excluding hydrogens is 306 g/mol. The normalized spacial score (nSPS) is 19.0. The molecule has 1 N–H and O–H groups in total. The molecule has 3 aromatic rings. The largest absolute Gasteiger partial charge is 0.385 e. The first-order chi connectivity index (χ1) is 12.2. The molecule has 0 aliphatic carbocycles. The first-order valence-electron chi connectivity index (χ1n) is 8.92.